The van der Waals surface area contributed by atoms with Crippen molar-refractivity contribution >= 4 is 22.8 Å². The van der Waals surface area contributed by atoms with E-state index in [4.69, 9.17) is 9.15 Å². The van der Waals surface area contributed by atoms with Gasteiger partial charge >= 0.3 is 11.6 Å². The summed E-state index contributed by atoms with van der Waals surface area (Å²) in [6.07, 6.45) is 2.59. The molecule has 0 fully saturated rings. The molecule has 7 heteroatoms. The molecule has 0 spiro atoms. The molecular formula is C23H20FNO5. The van der Waals surface area contributed by atoms with E-state index in [-0.39, 0.29) is 29.5 Å². The summed E-state index contributed by atoms with van der Waals surface area (Å²) >= 11 is 0. The number of benzene rings is 2. The van der Waals surface area contributed by atoms with Crippen LogP contribution in [0.1, 0.15) is 30.0 Å². The summed E-state index contributed by atoms with van der Waals surface area (Å²) in [6.45, 7) is 1.30. The van der Waals surface area contributed by atoms with Gasteiger partial charge in [-0.2, -0.15) is 0 Å². The van der Waals surface area contributed by atoms with Gasteiger partial charge in [-0.1, -0.05) is 12.1 Å². The molecule has 0 aliphatic heterocycles. The molecule has 6 nitrogen and oxygen atoms in total. The zero-order valence-electron chi connectivity index (χ0n) is 16.4. The number of fused-ring (bicyclic) bond motifs is 3. The molecule has 30 heavy (non-hydrogen) atoms. The number of esters is 1. The Morgan fingerprint density at radius 1 is 1.13 bits per heavy atom. The minimum Gasteiger partial charge on any atom is -0.425 e. The van der Waals surface area contributed by atoms with Crippen molar-refractivity contribution in [3.63, 3.8) is 0 Å². The zero-order valence-corrected chi connectivity index (χ0v) is 16.4. The molecule has 1 aliphatic carbocycles. The van der Waals surface area contributed by atoms with Crippen LogP contribution in [-0.4, -0.2) is 17.9 Å². The van der Waals surface area contributed by atoms with Gasteiger partial charge in [-0.25, -0.2) is 14.0 Å². The Morgan fingerprint density at radius 2 is 1.87 bits per heavy atom. The van der Waals surface area contributed by atoms with E-state index in [9.17, 15) is 18.8 Å². The highest BCUT2D eigenvalue weighted by Gasteiger charge is 2.24. The average molecular weight is 409 g/mol. The Hall–Kier alpha value is -3.48. The van der Waals surface area contributed by atoms with Crippen LogP contribution >= 0.6 is 0 Å². The van der Waals surface area contributed by atoms with E-state index in [0.29, 0.717) is 17.6 Å². The second-order valence-electron chi connectivity index (χ2n) is 7.36. The fraction of sp³-hybridized carbons (Fsp3) is 0.261. The summed E-state index contributed by atoms with van der Waals surface area (Å²) < 4.78 is 24.0. The maximum Gasteiger partial charge on any atom is 0.339 e. The van der Waals surface area contributed by atoms with Crippen LogP contribution in [0.15, 0.2) is 51.7 Å². The third-order valence-corrected chi connectivity index (χ3v) is 5.18. The predicted octanol–water partition coefficient (Wildman–Crippen LogP) is 3.07. The van der Waals surface area contributed by atoms with Crippen molar-refractivity contribution in [1.82, 2.24) is 5.32 Å². The van der Waals surface area contributed by atoms with Gasteiger partial charge in [-0.05, 0) is 54.7 Å². The predicted molar refractivity (Wildman–Crippen MR) is 108 cm³/mol. The topological polar surface area (TPSA) is 85.6 Å². The summed E-state index contributed by atoms with van der Waals surface area (Å²) in [5, 5.41) is 3.40. The van der Waals surface area contributed by atoms with Crippen LogP contribution < -0.4 is 15.7 Å². The first-order valence-corrected chi connectivity index (χ1v) is 9.72. The van der Waals surface area contributed by atoms with Gasteiger partial charge in [-0.15, -0.1) is 0 Å². The number of rotatable bonds is 5. The first-order chi connectivity index (χ1) is 14.4. The van der Waals surface area contributed by atoms with E-state index >= 15 is 0 Å². The monoisotopic (exact) mass is 409 g/mol. The normalized spacial score (nSPS) is 13.7. The first-order valence-electron chi connectivity index (χ1n) is 9.72. The molecule has 2 aromatic carbocycles. The molecule has 1 heterocycles. The minimum absolute atomic E-state index is 0.148. The van der Waals surface area contributed by atoms with E-state index in [0.717, 1.165) is 29.4 Å². The number of aryl methyl sites for hydroxylation is 1. The number of amides is 1. The van der Waals surface area contributed by atoms with Crippen molar-refractivity contribution in [2.24, 2.45) is 0 Å². The number of carbonyl (C=O) groups excluding carboxylic acids is 2. The number of ether oxygens (including phenoxy) is 1. The molecule has 1 atom stereocenters. The van der Waals surface area contributed by atoms with Crippen LogP contribution in [0.4, 0.5) is 4.39 Å². The van der Waals surface area contributed by atoms with E-state index < -0.39 is 12.0 Å². The number of nitrogens with one attached hydrogen (secondary N) is 1. The Balaban J connectivity index is 1.57. The maximum atomic E-state index is 13.1. The van der Waals surface area contributed by atoms with Crippen LogP contribution in [-0.2, 0) is 28.9 Å². The molecule has 3 aromatic rings. The smallest absolute Gasteiger partial charge is 0.339 e. The second-order valence-corrected chi connectivity index (χ2v) is 7.36. The van der Waals surface area contributed by atoms with Gasteiger partial charge < -0.3 is 14.5 Å². The largest absolute Gasteiger partial charge is 0.425 e. The second kappa shape index (κ2) is 8.10. The molecular weight excluding hydrogens is 389 g/mol. The van der Waals surface area contributed by atoms with Gasteiger partial charge in [0.15, 0.2) is 0 Å². The average Bonchev–Trinajstić information content (AvgIpc) is 3.19. The number of hydrogen-bond donors (Lipinski definition) is 1. The van der Waals surface area contributed by atoms with Gasteiger partial charge in [0, 0.05) is 30.4 Å². The molecule has 1 unspecified atom stereocenters. The Labute approximate surface area is 171 Å². The van der Waals surface area contributed by atoms with Gasteiger partial charge in [0.25, 0.3) is 0 Å². The van der Waals surface area contributed by atoms with E-state index in [1.165, 1.54) is 25.1 Å². The lowest BCUT2D eigenvalue weighted by molar-refractivity contribution is -0.139. The molecule has 1 N–H and O–H groups in total. The summed E-state index contributed by atoms with van der Waals surface area (Å²) in [4.78, 5) is 36.4. The lowest BCUT2D eigenvalue weighted by atomic mass is 10.1. The van der Waals surface area contributed by atoms with Gasteiger partial charge in [0.05, 0.1) is 0 Å². The summed E-state index contributed by atoms with van der Waals surface area (Å²) in [5.74, 6) is -1.24. The van der Waals surface area contributed by atoms with Crippen molar-refractivity contribution in [1.29, 1.82) is 0 Å². The van der Waals surface area contributed by atoms with Crippen molar-refractivity contribution < 1.29 is 23.1 Å². The summed E-state index contributed by atoms with van der Waals surface area (Å²) in [5.41, 5.74) is 2.39. The van der Waals surface area contributed by atoms with Crippen LogP contribution in [0.25, 0.3) is 11.0 Å². The maximum absolute atomic E-state index is 13.1. The molecule has 4 rings (SSSR count). The quantitative estimate of drug-likeness (QED) is 0.398. The standard InChI is InChI=1S/C23H20FNO5/c1-13(26)25-20(11-14-5-7-15(24)8-6-14)23(28)29-16-9-10-18-17-3-2-4-19(17)22(27)30-21(18)12-16/h5-10,12,20H,2-4,11H2,1H3,(H,25,26). The van der Waals surface area contributed by atoms with E-state index in [1.807, 2.05) is 0 Å². The highest BCUT2D eigenvalue weighted by Crippen LogP contribution is 2.29. The fourth-order valence-electron chi connectivity index (χ4n) is 3.81. The van der Waals surface area contributed by atoms with Gasteiger partial charge in [0.1, 0.15) is 23.2 Å². The highest BCUT2D eigenvalue weighted by molar-refractivity contribution is 5.87. The van der Waals surface area contributed by atoms with Crippen LogP contribution in [0.2, 0.25) is 0 Å². The third-order valence-electron chi connectivity index (χ3n) is 5.18. The zero-order chi connectivity index (χ0) is 21.3. The molecule has 0 saturated heterocycles. The molecule has 1 aromatic heterocycles. The lowest BCUT2D eigenvalue weighted by Crippen LogP contribution is -2.43. The van der Waals surface area contributed by atoms with Crippen LogP contribution in [0, 0.1) is 5.82 Å². The van der Waals surface area contributed by atoms with Crippen molar-refractivity contribution in [3.8, 4) is 5.75 Å². The Kier molecular flexibility index (Phi) is 5.35. The highest BCUT2D eigenvalue weighted by atomic mass is 19.1. The van der Waals surface area contributed by atoms with E-state index in [2.05, 4.69) is 5.32 Å². The molecule has 0 radical (unpaired) electrons. The molecule has 1 amide bonds. The van der Waals surface area contributed by atoms with Crippen molar-refractivity contribution in [2.75, 3.05) is 0 Å². The van der Waals surface area contributed by atoms with Gasteiger partial charge in [0.2, 0.25) is 5.91 Å². The summed E-state index contributed by atoms with van der Waals surface area (Å²) in [6, 6.07) is 9.64. The van der Waals surface area contributed by atoms with Crippen LogP contribution in [0.3, 0.4) is 0 Å². The molecule has 0 bridgehead atoms. The number of halogens is 1. The minimum atomic E-state index is -0.948. The number of carbonyl (C=O) groups is 2. The molecule has 0 saturated carbocycles. The van der Waals surface area contributed by atoms with Crippen molar-refractivity contribution in [3.05, 3.63) is 75.4 Å². The van der Waals surface area contributed by atoms with Gasteiger partial charge in [-0.3, -0.25) is 4.79 Å². The number of hydrogen-bond acceptors (Lipinski definition) is 5. The lowest BCUT2D eigenvalue weighted by Gasteiger charge is -2.17. The van der Waals surface area contributed by atoms with Crippen LogP contribution in [0.5, 0.6) is 5.75 Å². The fourth-order valence-corrected chi connectivity index (χ4v) is 3.81. The Morgan fingerprint density at radius 3 is 2.60 bits per heavy atom. The Bertz CT molecular complexity index is 1180. The summed E-state index contributed by atoms with van der Waals surface area (Å²) in [7, 11) is 0. The SMILES string of the molecule is CC(=O)NC(Cc1ccc(F)cc1)C(=O)Oc1ccc2c3c(c(=O)oc2c1)CCC3. The third kappa shape index (κ3) is 4.10. The van der Waals surface area contributed by atoms with E-state index in [1.54, 1.807) is 24.3 Å². The van der Waals surface area contributed by atoms with Crippen molar-refractivity contribution in [2.45, 2.75) is 38.6 Å². The molecule has 1 aliphatic rings. The first kappa shape index (κ1) is 19.8. The molecule has 154 valence electrons.